The van der Waals surface area contributed by atoms with Gasteiger partial charge < -0.3 is 15.2 Å². The molecule has 0 fully saturated rings. The first-order chi connectivity index (χ1) is 8.19. The minimum Gasteiger partial charge on any atom is -0.493 e. The molecule has 1 aromatic carbocycles. The fraction of sp³-hybridized carbons (Fsp3) is 0.571. The van der Waals surface area contributed by atoms with Gasteiger partial charge >= 0.3 is 0 Å². The smallest absolute Gasteiger partial charge is 0.164 e. The molecule has 0 spiro atoms. The van der Waals surface area contributed by atoms with Crippen LogP contribution in [0.4, 0.5) is 0 Å². The number of para-hydroxylation sites is 1. The van der Waals surface area contributed by atoms with Crippen molar-refractivity contribution in [3.63, 3.8) is 0 Å². The molecule has 0 heterocycles. The van der Waals surface area contributed by atoms with Crippen molar-refractivity contribution in [2.75, 3.05) is 20.3 Å². The summed E-state index contributed by atoms with van der Waals surface area (Å²) in [5.74, 6) is 2.28. The van der Waals surface area contributed by atoms with Crippen LogP contribution in [0.3, 0.4) is 0 Å². The monoisotopic (exact) mass is 237 g/mol. The van der Waals surface area contributed by atoms with Crippen LogP contribution in [0.15, 0.2) is 18.2 Å². The lowest BCUT2D eigenvalue weighted by molar-refractivity contribution is 0.270. The average Bonchev–Trinajstić information content (AvgIpc) is 2.30. The number of benzene rings is 1. The highest BCUT2D eigenvalue weighted by Gasteiger charge is 2.10. The summed E-state index contributed by atoms with van der Waals surface area (Å²) in [7, 11) is 1.66. The topological polar surface area (TPSA) is 44.5 Å². The van der Waals surface area contributed by atoms with E-state index in [9.17, 15) is 0 Å². The summed E-state index contributed by atoms with van der Waals surface area (Å²) in [5, 5.41) is 0. The molecule has 0 aliphatic rings. The number of nitrogens with two attached hydrogens (primary N) is 1. The molecule has 0 saturated carbocycles. The molecule has 17 heavy (non-hydrogen) atoms. The van der Waals surface area contributed by atoms with Crippen molar-refractivity contribution in [1.29, 1.82) is 0 Å². The maximum absolute atomic E-state index is 5.84. The van der Waals surface area contributed by atoms with Gasteiger partial charge in [-0.3, -0.25) is 0 Å². The van der Waals surface area contributed by atoms with Gasteiger partial charge in [-0.2, -0.15) is 0 Å². The van der Waals surface area contributed by atoms with Crippen molar-refractivity contribution in [2.24, 2.45) is 11.7 Å². The quantitative estimate of drug-likeness (QED) is 0.793. The lowest BCUT2D eigenvalue weighted by Crippen LogP contribution is -2.08. The lowest BCUT2D eigenvalue weighted by Gasteiger charge is -2.15. The first kappa shape index (κ1) is 13.8. The second-order valence-electron chi connectivity index (χ2n) is 4.52. The minimum absolute atomic E-state index is 0.619. The Hall–Kier alpha value is -1.22. The molecule has 0 amide bonds. The summed E-state index contributed by atoms with van der Waals surface area (Å²) < 4.78 is 11.2. The van der Waals surface area contributed by atoms with Crippen LogP contribution in [0.5, 0.6) is 11.5 Å². The predicted molar refractivity (Wildman–Crippen MR) is 70.7 cm³/mol. The van der Waals surface area contributed by atoms with Crippen LogP contribution < -0.4 is 15.2 Å². The molecule has 0 aliphatic carbocycles. The third kappa shape index (κ3) is 4.27. The molecule has 3 heteroatoms. The summed E-state index contributed by atoms with van der Waals surface area (Å²) in [6.45, 7) is 5.71. The maximum Gasteiger partial charge on any atom is 0.164 e. The molecule has 0 bridgehead atoms. The van der Waals surface area contributed by atoms with Crippen LogP contribution in [0.1, 0.15) is 25.8 Å². The van der Waals surface area contributed by atoms with Gasteiger partial charge in [0.15, 0.2) is 11.5 Å². The van der Waals surface area contributed by atoms with E-state index in [2.05, 4.69) is 13.8 Å². The van der Waals surface area contributed by atoms with Crippen molar-refractivity contribution in [3.8, 4) is 11.5 Å². The van der Waals surface area contributed by atoms with Crippen LogP contribution in [0.2, 0.25) is 0 Å². The molecule has 0 aromatic heterocycles. The molecule has 3 nitrogen and oxygen atoms in total. The van der Waals surface area contributed by atoms with Crippen molar-refractivity contribution >= 4 is 0 Å². The number of methoxy groups -OCH3 is 1. The Morgan fingerprint density at radius 1 is 1.29 bits per heavy atom. The highest BCUT2D eigenvalue weighted by Crippen LogP contribution is 2.31. The van der Waals surface area contributed by atoms with Gasteiger partial charge in [-0.15, -0.1) is 0 Å². The molecular weight excluding hydrogens is 214 g/mol. The minimum atomic E-state index is 0.619. The Kier molecular flexibility index (Phi) is 5.84. The SMILES string of the molecule is COc1cccc(CCN)c1OCCC(C)C. The maximum atomic E-state index is 5.84. The van der Waals surface area contributed by atoms with E-state index in [1.54, 1.807) is 7.11 Å². The van der Waals surface area contributed by atoms with E-state index in [0.717, 1.165) is 36.5 Å². The summed E-state index contributed by atoms with van der Waals surface area (Å²) in [4.78, 5) is 0. The molecule has 0 radical (unpaired) electrons. The molecule has 2 N–H and O–H groups in total. The van der Waals surface area contributed by atoms with Crippen molar-refractivity contribution < 1.29 is 9.47 Å². The van der Waals surface area contributed by atoms with E-state index in [0.29, 0.717) is 12.5 Å². The van der Waals surface area contributed by atoms with Crippen LogP contribution in [0.25, 0.3) is 0 Å². The summed E-state index contributed by atoms with van der Waals surface area (Å²) in [6, 6.07) is 5.93. The predicted octanol–water partition coefficient (Wildman–Crippen LogP) is 2.62. The molecule has 0 atom stereocenters. The standard InChI is InChI=1S/C14H23NO2/c1-11(2)8-10-17-14-12(7-9-15)5-4-6-13(14)16-3/h4-6,11H,7-10,15H2,1-3H3. The molecule has 0 aliphatic heterocycles. The zero-order valence-corrected chi connectivity index (χ0v) is 11.0. The van der Waals surface area contributed by atoms with E-state index >= 15 is 0 Å². The summed E-state index contributed by atoms with van der Waals surface area (Å²) >= 11 is 0. The third-order valence-corrected chi connectivity index (χ3v) is 2.64. The van der Waals surface area contributed by atoms with Gasteiger partial charge in [-0.25, -0.2) is 0 Å². The molecule has 0 unspecified atom stereocenters. The summed E-state index contributed by atoms with van der Waals surface area (Å²) in [6.07, 6.45) is 1.86. The Balaban J connectivity index is 2.77. The molecule has 0 saturated heterocycles. The van der Waals surface area contributed by atoms with E-state index in [-0.39, 0.29) is 0 Å². The Labute approximate surface area is 104 Å². The number of ether oxygens (including phenoxy) is 2. The zero-order valence-electron chi connectivity index (χ0n) is 11.0. The van der Waals surface area contributed by atoms with E-state index in [1.165, 1.54) is 0 Å². The normalized spacial score (nSPS) is 10.6. The molecule has 1 aromatic rings. The van der Waals surface area contributed by atoms with Gasteiger partial charge in [-0.1, -0.05) is 26.0 Å². The molecular formula is C14H23NO2. The number of hydrogen-bond acceptors (Lipinski definition) is 3. The first-order valence-corrected chi connectivity index (χ1v) is 6.17. The summed E-state index contributed by atoms with van der Waals surface area (Å²) in [5.41, 5.74) is 6.72. The van der Waals surface area contributed by atoms with E-state index in [4.69, 9.17) is 15.2 Å². The van der Waals surface area contributed by atoms with Crippen LogP contribution in [-0.4, -0.2) is 20.3 Å². The van der Waals surface area contributed by atoms with Gasteiger partial charge in [0.25, 0.3) is 0 Å². The van der Waals surface area contributed by atoms with Gasteiger partial charge in [0.1, 0.15) is 0 Å². The fourth-order valence-corrected chi connectivity index (χ4v) is 1.63. The zero-order chi connectivity index (χ0) is 12.7. The fourth-order valence-electron chi connectivity index (χ4n) is 1.63. The highest BCUT2D eigenvalue weighted by molar-refractivity contribution is 5.46. The van der Waals surface area contributed by atoms with E-state index < -0.39 is 0 Å². The Morgan fingerprint density at radius 3 is 2.65 bits per heavy atom. The molecule has 96 valence electrons. The third-order valence-electron chi connectivity index (χ3n) is 2.64. The lowest BCUT2D eigenvalue weighted by atomic mass is 10.1. The number of hydrogen-bond donors (Lipinski definition) is 1. The van der Waals surface area contributed by atoms with Crippen LogP contribution >= 0.6 is 0 Å². The second kappa shape index (κ2) is 7.17. The molecule has 1 rings (SSSR count). The Morgan fingerprint density at radius 2 is 2.06 bits per heavy atom. The van der Waals surface area contributed by atoms with Gasteiger partial charge in [0.2, 0.25) is 0 Å². The van der Waals surface area contributed by atoms with Crippen molar-refractivity contribution in [3.05, 3.63) is 23.8 Å². The van der Waals surface area contributed by atoms with Crippen LogP contribution in [0, 0.1) is 5.92 Å². The largest absolute Gasteiger partial charge is 0.493 e. The van der Waals surface area contributed by atoms with Gasteiger partial charge in [-0.05, 0) is 36.9 Å². The number of rotatable bonds is 7. The average molecular weight is 237 g/mol. The second-order valence-corrected chi connectivity index (χ2v) is 4.52. The highest BCUT2D eigenvalue weighted by atomic mass is 16.5. The van der Waals surface area contributed by atoms with Gasteiger partial charge in [0, 0.05) is 0 Å². The first-order valence-electron chi connectivity index (χ1n) is 6.17. The van der Waals surface area contributed by atoms with E-state index in [1.807, 2.05) is 18.2 Å². The van der Waals surface area contributed by atoms with Crippen molar-refractivity contribution in [2.45, 2.75) is 26.7 Å². The van der Waals surface area contributed by atoms with Gasteiger partial charge in [0.05, 0.1) is 13.7 Å². The van der Waals surface area contributed by atoms with Crippen molar-refractivity contribution in [1.82, 2.24) is 0 Å². The Bertz CT molecular complexity index is 337. The van der Waals surface area contributed by atoms with Crippen LogP contribution in [-0.2, 0) is 6.42 Å².